The summed E-state index contributed by atoms with van der Waals surface area (Å²) in [6.45, 7) is 0. The van der Waals surface area contributed by atoms with Gasteiger partial charge in [-0.05, 0) is 49.3 Å². The number of aromatic nitrogens is 1. The van der Waals surface area contributed by atoms with Crippen molar-refractivity contribution in [3.05, 3.63) is 28.8 Å². The molecule has 2 saturated carbocycles. The van der Waals surface area contributed by atoms with E-state index in [0.717, 1.165) is 5.92 Å². The van der Waals surface area contributed by atoms with Crippen LogP contribution in [0.1, 0.15) is 157 Å². The van der Waals surface area contributed by atoms with Crippen LogP contribution in [0.25, 0.3) is 10.2 Å². The molecule has 0 atom stereocenters. The van der Waals surface area contributed by atoms with Crippen LogP contribution in [0.15, 0.2) is 18.2 Å². The summed E-state index contributed by atoms with van der Waals surface area (Å²) in [4.78, 5) is 5.27. The van der Waals surface area contributed by atoms with Crippen molar-refractivity contribution in [2.75, 3.05) is 0 Å². The third-order valence-corrected chi connectivity index (χ3v) is 9.41. The second-order valence-electron chi connectivity index (χ2n) is 10.8. The standard InChI is InChI=1S/C30H47NS/c1-2-8-12-16-20-26(21-17-13-9-3-1)30-31-28-24-27(22-23-29(28)32-30)25-18-14-10-6-4-5-7-11-15-19-25/h22-26H,1-21H2. The van der Waals surface area contributed by atoms with Crippen molar-refractivity contribution >= 4 is 21.6 Å². The van der Waals surface area contributed by atoms with Crippen molar-refractivity contribution < 1.29 is 0 Å². The molecular formula is C30H47NS. The second kappa shape index (κ2) is 13.7. The van der Waals surface area contributed by atoms with Crippen molar-refractivity contribution in [1.82, 2.24) is 4.98 Å². The minimum Gasteiger partial charge on any atom is -0.241 e. The number of hydrogen-bond acceptors (Lipinski definition) is 2. The number of thiazole rings is 1. The van der Waals surface area contributed by atoms with Crippen LogP contribution in [0.5, 0.6) is 0 Å². The van der Waals surface area contributed by atoms with E-state index in [4.69, 9.17) is 4.98 Å². The minimum absolute atomic E-state index is 0.702. The Balaban J connectivity index is 1.45. The third-order valence-electron chi connectivity index (χ3n) is 8.21. The molecule has 2 fully saturated rings. The minimum atomic E-state index is 0.702. The lowest BCUT2D eigenvalue weighted by Gasteiger charge is -2.17. The van der Waals surface area contributed by atoms with Crippen molar-refractivity contribution in [1.29, 1.82) is 0 Å². The van der Waals surface area contributed by atoms with Gasteiger partial charge in [0.15, 0.2) is 0 Å². The zero-order valence-electron chi connectivity index (χ0n) is 20.6. The van der Waals surface area contributed by atoms with Crippen molar-refractivity contribution in [3.8, 4) is 0 Å². The van der Waals surface area contributed by atoms with Crippen LogP contribution < -0.4 is 0 Å². The van der Waals surface area contributed by atoms with Crippen molar-refractivity contribution in [3.63, 3.8) is 0 Å². The predicted molar refractivity (Wildman–Crippen MR) is 142 cm³/mol. The summed E-state index contributed by atoms with van der Waals surface area (Å²) < 4.78 is 1.42. The van der Waals surface area contributed by atoms with Crippen LogP contribution in [0.2, 0.25) is 0 Å². The number of nitrogens with zero attached hydrogens (tertiary/aromatic N) is 1. The number of fused-ring (bicyclic) bond motifs is 1. The Bertz CT molecular complexity index is 754. The lowest BCUT2D eigenvalue weighted by Crippen LogP contribution is -2.00. The molecule has 32 heavy (non-hydrogen) atoms. The highest BCUT2D eigenvalue weighted by Crippen LogP contribution is 2.37. The Morgan fingerprint density at radius 2 is 0.969 bits per heavy atom. The first-order valence-corrected chi connectivity index (χ1v) is 15.1. The van der Waals surface area contributed by atoms with Gasteiger partial charge in [0, 0.05) is 5.92 Å². The molecule has 2 heteroatoms. The van der Waals surface area contributed by atoms with Gasteiger partial charge in [-0.25, -0.2) is 4.98 Å². The summed E-state index contributed by atoms with van der Waals surface area (Å²) in [7, 11) is 0. The molecule has 0 amide bonds. The summed E-state index contributed by atoms with van der Waals surface area (Å²) in [5.41, 5.74) is 2.87. The summed E-state index contributed by atoms with van der Waals surface area (Å²) in [5.74, 6) is 1.46. The first-order chi connectivity index (χ1) is 15.9. The molecule has 0 aliphatic heterocycles. The lowest BCUT2D eigenvalue weighted by atomic mass is 9.88. The molecule has 4 rings (SSSR count). The van der Waals surface area contributed by atoms with E-state index in [1.165, 1.54) is 150 Å². The first kappa shape index (κ1) is 24.2. The molecule has 2 aliphatic rings. The molecule has 0 N–H and O–H groups in total. The molecule has 1 nitrogen and oxygen atoms in total. The molecule has 1 aromatic carbocycles. The smallest absolute Gasteiger partial charge is 0.0969 e. The van der Waals surface area contributed by atoms with Crippen LogP contribution in [0, 0.1) is 0 Å². The van der Waals surface area contributed by atoms with Crippen molar-refractivity contribution in [2.45, 2.75) is 147 Å². The van der Waals surface area contributed by atoms with Gasteiger partial charge in [-0.15, -0.1) is 11.3 Å². The molecule has 0 unspecified atom stereocenters. The van der Waals surface area contributed by atoms with Crippen molar-refractivity contribution in [2.24, 2.45) is 0 Å². The normalized spacial score (nSPS) is 22.6. The topological polar surface area (TPSA) is 12.9 Å². The maximum Gasteiger partial charge on any atom is 0.0969 e. The van der Waals surface area contributed by atoms with E-state index in [1.54, 1.807) is 5.56 Å². The molecule has 2 aromatic rings. The fourth-order valence-corrected chi connectivity index (χ4v) is 7.24. The highest BCUT2D eigenvalue weighted by atomic mass is 32.1. The van der Waals surface area contributed by atoms with Crippen LogP contribution >= 0.6 is 11.3 Å². The maximum atomic E-state index is 5.27. The average Bonchev–Trinajstić information content (AvgIpc) is 3.19. The molecule has 0 bridgehead atoms. The van der Waals surface area contributed by atoms with Gasteiger partial charge in [0.1, 0.15) is 0 Å². The fourth-order valence-electron chi connectivity index (χ4n) is 6.12. The van der Waals surface area contributed by atoms with Gasteiger partial charge < -0.3 is 0 Å². The lowest BCUT2D eigenvalue weighted by molar-refractivity contribution is 0.467. The Morgan fingerprint density at radius 1 is 0.531 bits per heavy atom. The molecule has 0 spiro atoms. The highest BCUT2D eigenvalue weighted by molar-refractivity contribution is 7.18. The molecule has 1 aromatic heterocycles. The highest BCUT2D eigenvalue weighted by Gasteiger charge is 2.18. The average molecular weight is 454 g/mol. The van der Waals surface area contributed by atoms with Gasteiger partial charge in [0.05, 0.1) is 15.2 Å². The van der Waals surface area contributed by atoms with E-state index in [-0.39, 0.29) is 0 Å². The quantitative estimate of drug-likeness (QED) is 0.440. The molecule has 178 valence electrons. The monoisotopic (exact) mass is 453 g/mol. The van der Waals surface area contributed by atoms with Crippen LogP contribution in [0.3, 0.4) is 0 Å². The Kier molecular flexibility index (Phi) is 10.4. The van der Waals surface area contributed by atoms with Gasteiger partial charge in [0.25, 0.3) is 0 Å². The first-order valence-electron chi connectivity index (χ1n) is 14.3. The number of rotatable bonds is 2. The van der Waals surface area contributed by atoms with E-state index < -0.39 is 0 Å². The Hall–Kier alpha value is -0.890. The second-order valence-corrected chi connectivity index (χ2v) is 11.9. The van der Waals surface area contributed by atoms with Crippen LogP contribution in [0.4, 0.5) is 0 Å². The van der Waals surface area contributed by atoms with Gasteiger partial charge >= 0.3 is 0 Å². The van der Waals surface area contributed by atoms with Crippen LogP contribution in [-0.4, -0.2) is 4.98 Å². The molecule has 0 saturated heterocycles. The maximum absolute atomic E-state index is 5.27. The Labute approximate surface area is 201 Å². The van der Waals surface area contributed by atoms with E-state index in [0.29, 0.717) is 5.92 Å². The molecular weight excluding hydrogens is 406 g/mol. The zero-order valence-corrected chi connectivity index (χ0v) is 21.4. The number of benzene rings is 1. The van der Waals surface area contributed by atoms with Gasteiger partial charge in [-0.1, -0.05) is 115 Å². The summed E-state index contributed by atoms with van der Waals surface area (Å²) >= 11 is 2.00. The number of hydrogen-bond donors (Lipinski definition) is 0. The third kappa shape index (κ3) is 7.57. The zero-order chi connectivity index (χ0) is 21.8. The van der Waals surface area contributed by atoms with E-state index >= 15 is 0 Å². The molecule has 1 heterocycles. The largest absolute Gasteiger partial charge is 0.241 e. The molecule has 2 aliphatic carbocycles. The predicted octanol–water partition coefficient (Wildman–Crippen LogP) is 10.7. The summed E-state index contributed by atoms with van der Waals surface area (Å²) in [6, 6.07) is 7.34. The fraction of sp³-hybridized carbons (Fsp3) is 0.767. The van der Waals surface area contributed by atoms with E-state index in [2.05, 4.69) is 18.2 Å². The summed E-state index contributed by atoms with van der Waals surface area (Å²) in [5, 5.41) is 1.44. The van der Waals surface area contributed by atoms with Gasteiger partial charge in [0.2, 0.25) is 0 Å². The van der Waals surface area contributed by atoms with E-state index in [9.17, 15) is 0 Å². The van der Waals surface area contributed by atoms with Gasteiger partial charge in [-0.2, -0.15) is 0 Å². The summed E-state index contributed by atoms with van der Waals surface area (Å²) in [6.07, 6.45) is 29.9. The molecule has 0 radical (unpaired) electrons. The SMILES string of the molecule is c1cc2sc(C3CCCCCCCCCCC3)nc2cc1C1CCCCCCCCCC1. The van der Waals surface area contributed by atoms with Gasteiger partial charge in [-0.3, -0.25) is 0 Å². The van der Waals surface area contributed by atoms with E-state index in [1.807, 2.05) is 11.3 Å². The van der Waals surface area contributed by atoms with Crippen LogP contribution in [-0.2, 0) is 0 Å². The Morgan fingerprint density at radius 3 is 1.47 bits per heavy atom.